The zero-order chi connectivity index (χ0) is 34.8. The van der Waals surface area contributed by atoms with Gasteiger partial charge in [-0.25, -0.2) is 4.79 Å². The molecule has 0 aliphatic carbocycles. The van der Waals surface area contributed by atoms with Gasteiger partial charge < -0.3 is 19.0 Å². The highest BCUT2D eigenvalue weighted by Gasteiger charge is 2.42. The first-order valence-corrected chi connectivity index (χ1v) is 17.9. The second-order valence-corrected chi connectivity index (χ2v) is 15.6. The summed E-state index contributed by atoms with van der Waals surface area (Å²) in [5.74, 6) is 0.919. The van der Waals surface area contributed by atoms with E-state index in [0.717, 1.165) is 68.4 Å². The standard InChI is InChI=1S/C43H42N4O3/c1-42(2)13-17-47-18-14-43(3,4)37-39(47)36(42)24-32-21-30(41(48)50-40(32)37)10-12-35-23-31(33(25-44)26-45)22-34(49-35)11-9-27-19-28-7-5-15-46-16-6-8-29(20-27)38(28)46/h9-12,19-24H,5-8,13-18H2,1-4H3/b11-9+,12-10+. The van der Waals surface area contributed by atoms with Gasteiger partial charge in [-0.3, -0.25) is 0 Å². The predicted octanol–water partition coefficient (Wildman–Crippen LogP) is 8.53. The van der Waals surface area contributed by atoms with E-state index in [1.54, 1.807) is 24.3 Å². The quantitative estimate of drug-likeness (QED) is 0.204. The van der Waals surface area contributed by atoms with E-state index in [0.29, 0.717) is 28.2 Å². The van der Waals surface area contributed by atoms with Crippen LogP contribution in [0, 0.1) is 22.7 Å². The number of ether oxygens (including phenoxy) is 1. The number of rotatable bonds is 4. The lowest BCUT2D eigenvalue weighted by atomic mass is 9.69. The molecular weight excluding hydrogens is 620 g/mol. The third-order valence-electron chi connectivity index (χ3n) is 11.3. The van der Waals surface area contributed by atoms with Gasteiger partial charge in [0, 0.05) is 54.1 Å². The highest BCUT2D eigenvalue weighted by Crippen LogP contribution is 2.51. The van der Waals surface area contributed by atoms with E-state index < -0.39 is 5.63 Å². The second kappa shape index (κ2) is 12.0. The number of nitriles is 2. The van der Waals surface area contributed by atoms with E-state index in [-0.39, 0.29) is 16.4 Å². The van der Waals surface area contributed by atoms with E-state index in [2.05, 4.69) is 55.7 Å². The molecule has 3 aromatic rings. The molecule has 50 heavy (non-hydrogen) atoms. The van der Waals surface area contributed by atoms with Crippen molar-refractivity contribution in [3.8, 4) is 12.1 Å². The molecule has 5 aliphatic heterocycles. The monoisotopic (exact) mass is 662 g/mol. The lowest BCUT2D eigenvalue weighted by Gasteiger charge is -2.48. The summed E-state index contributed by atoms with van der Waals surface area (Å²) >= 11 is 0. The molecule has 7 nitrogen and oxygen atoms in total. The highest BCUT2D eigenvalue weighted by atomic mass is 16.5. The molecule has 0 fully saturated rings. The van der Waals surface area contributed by atoms with Gasteiger partial charge in [0.25, 0.3) is 0 Å². The molecule has 0 N–H and O–H groups in total. The lowest BCUT2D eigenvalue weighted by Crippen LogP contribution is -2.44. The van der Waals surface area contributed by atoms with Crippen molar-refractivity contribution < 1.29 is 9.15 Å². The molecule has 0 amide bonds. The van der Waals surface area contributed by atoms with Crippen LogP contribution in [0.4, 0.5) is 11.4 Å². The first-order chi connectivity index (χ1) is 24.0. The molecule has 0 saturated heterocycles. The highest BCUT2D eigenvalue weighted by molar-refractivity contribution is 5.91. The molecular formula is C43H42N4O3. The molecule has 0 unspecified atom stereocenters. The molecule has 7 heteroatoms. The van der Waals surface area contributed by atoms with E-state index in [1.165, 1.54) is 40.9 Å². The number of allylic oxidation sites excluding steroid dienone is 6. The smallest absolute Gasteiger partial charge is 0.343 e. The van der Waals surface area contributed by atoms with Crippen LogP contribution in [0.2, 0.25) is 0 Å². The molecule has 0 radical (unpaired) electrons. The maximum atomic E-state index is 13.5. The van der Waals surface area contributed by atoms with Gasteiger partial charge in [-0.05, 0) is 126 Å². The Bertz CT molecular complexity index is 2210. The normalized spacial score (nSPS) is 20.1. The summed E-state index contributed by atoms with van der Waals surface area (Å²) in [5.41, 5.74) is 9.99. The summed E-state index contributed by atoms with van der Waals surface area (Å²) in [6.07, 6.45) is 17.3. The number of anilines is 2. The van der Waals surface area contributed by atoms with Crippen molar-refractivity contribution in [2.75, 3.05) is 36.0 Å². The van der Waals surface area contributed by atoms with E-state index in [9.17, 15) is 15.3 Å². The minimum absolute atomic E-state index is 0.00374. The van der Waals surface area contributed by atoms with Crippen LogP contribution in [-0.2, 0) is 28.4 Å². The van der Waals surface area contributed by atoms with Crippen LogP contribution in [0.3, 0.4) is 0 Å². The largest absolute Gasteiger partial charge is 0.457 e. The van der Waals surface area contributed by atoms with Gasteiger partial charge in [-0.1, -0.05) is 33.8 Å². The topological polar surface area (TPSA) is 93.5 Å². The Morgan fingerprint density at radius 3 is 2.06 bits per heavy atom. The second-order valence-electron chi connectivity index (χ2n) is 15.6. The van der Waals surface area contributed by atoms with Crippen molar-refractivity contribution in [2.45, 2.75) is 77.0 Å². The van der Waals surface area contributed by atoms with Crippen LogP contribution in [0.1, 0.15) is 86.8 Å². The summed E-state index contributed by atoms with van der Waals surface area (Å²) < 4.78 is 12.4. The van der Waals surface area contributed by atoms with Crippen LogP contribution in [0.5, 0.6) is 0 Å². The van der Waals surface area contributed by atoms with E-state index in [1.807, 2.05) is 30.4 Å². The Labute approximate surface area is 293 Å². The molecule has 6 heterocycles. The molecule has 8 rings (SSSR count). The van der Waals surface area contributed by atoms with Crippen molar-refractivity contribution in [3.63, 3.8) is 0 Å². The summed E-state index contributed by atoms with van der Waals surface area (Å²) in [4.78, 5) is 18.5. The fourth-order valence-corrected chi connectivity index (χ4v) is 8.57. The minimum Gasteiger partial charge on any atom is -0.457 e. The minimum atomic E-state index is -0.416. The molecule has 1 aromatic heterocycles. The molecule has 0 atom stereocenters. The van der Waals surface area contributed by atoms with Crippen LogP contribution in [-0.4, -0.2) is 26.2 Å². The average molecular weight is 663 g/mol. The SMILES string of the molecule is CC1(C)CCN2CCC(C)(C)c3c2c1cc1cc(/C=C/C2=CC(=C(C#N)C#N)C=C(/C=C/c4cc5c6c(c4)CCCN6CCC5)O2)c(=O)oc31. The van der Waals surface area contributed by atoms with Gasteiger partial charge in [0.05, 0.1) is 5.56 Å². The number of hydrogen-bond acceptors (Lipinski definition) is 7. The third kappa shape index (κ3) is 5.46. The van der Waals surface area contributed by atoms with Crippen molar-refractivity contribution in [2.24, 2.45) is 0 Å². The third-order valence-corrected chi connectivity index (χ3v) is 11.3. The van der Waals surface area contributed by atoms with Crippen molar-refractivity contribution in [3.05, 3.63) is 115 Å². The van der Waals surface area contributed by atoms with Crippen LogP contribution in [0.25, 0.3) is 23.1 Å². The van der Waals surface area contributed by atoms with Crippen LogP contribution >= 0.6 is 0 Å². The Morgan fingerprint density at radius 1 is 0.780 bits per heavy atom. The number of aryl methyl sites for hydroxylation is 2. The Morgan fingerprint density at radius 2 is 1.40 bits per heavy atom. The molecule has 0 saturated carbocycles. The fourth-order valence-electron chi connectivity index (χ4n) is 8.57. The maximum Gasteiger partial charge on any atom is 0.343 e. The number of hydrogen-bond donors (Lipinski definition) is 0. The maximum absolute atomic E-state index is 13.5. The van der Waals surface area contributed by atoms with Crippen LogP contribution in [0.15, 0.2) is 80.4 Å². The van der Waals surface area contributed by atoms with Crippen molar-refractivity contribution in [1.29, 1.82) is 10.5 Å². The predicted molar refractivity (Wildman–Crippen MR) is 199 cm³/mol. The zero-order valence-electron chi connectivity index (χ0n) is 29.4. The average Bonchev–Trinajstić information content (AvgIpc) is 3.09. The van der Waals surface area contributed by atoms with Gasteiger partial charge in [0.15, 0.2) is 0 Å². The Balaban J connectivity index is 1.14. The molecule has 0 bridgehead atoms. The number of nitrogens with zero attached hydrogens (tertiary/aromatic N) is 4. The molecule has 0 spiro atoms. The lowest BCUT2D eigenvalue weighted by molar-refractivity contribution is 0.332. The number of fused-ring (bicyclic) bond motifs is 2. The zero-order valence-corrected chi connectivity index (χ0v) is 29.4. The molecule has 252 valence electrons. The number of benzene rings is 2. The van der Waals surface area contributed by atoms with Gasteiger partial charge in [0.2, 0.25) is 0 Å². The summed E-state index contributed by atoms with van der Waals surface area (Å²) in [6.45, 7) is 13.4. The van der Waals surface area contributed by atoms with Crippen molar-refractivity contribution >= 4 is 34.5 Å². The molecule has 2 aromatic carbocycles. The van der Waals surface area contributed by atoms with Gasteiger partial charge in [0.1, 0.15) is 34.8 Å². The fraction of sp³-hybridized carbons (Fsp3) is 0.372. The van der Waals surface area contributed by atoms with Gasteiger partial charge >= 0.3 is 5.63 Å². The van der Waals surface area contributed by atoms with E-state index in [4.69, 9.17) is 9.15 Å². The van der Waals surface area contributed by atoms with Gasteiger partial charge in [-0.15, -0.1) is 0 Å². The first-order valence-electron chi connectivity index (χ1n) is 17.9. The van der Waals surface area contributed by atoms with Crippen molar-refractivity contribution in [1.82, 2.24) is 0 Å². The van der Waals surface area contributed by atoms with Gasteiger partial charge in [-0.2, -0.15) is 10.5 Å². The summed E-state index contributed by atoms with van der Waals surface area (Å²) in [5, 5.41) is 20.3. The Kier molecular flexibility index (Phi) is 7.64. The summed E-state index contributed by atoms with van der Waals surface area (Å²) in [6, 6.07) is 12.7. The van der Waals surface area contributed by atoms with Crippen LogP contribution < -0.4 is 15.4 Å². The Hall–Kier alpha value is -5.27. The van der Waals surface area contributed by atoms with E-state index >= 15 is 0 Å². The first kappa shape index (κ1) is 32.0. The summed E-state index contributed by atoms with van der Waals surface area (Å²) in [7, 11) is 0. The molecule has 5 aliphatic rings.